The summed E-state index contributed by atoms with van der Waals surface area (Å²) >= 11 is 0. The summed E-state index contributed by atoms with van der Waals surface area (Å²) in [5, 5.41) is 6.84. The number of aromatic nitrogens is 2. The highest BCUT2D eigenvalue weighted by Crippen LogP contribution is 2.20. The first-order valence-corrected chi connectivity index (χ1v) is 11.0. The lowest BCUT2D eigenvalue weighted by molar-refractivity contribution is 0.0303. The molecule has 34 heavy (non-hydrogen) atoms. The quantitative estimate of drug-likeness (QED) is 0.571. The Morgan fingerprint density at radius 3 is 2.65 bits per heavy atom. The van der Waals surface area contributed by atoms with Gasteiger partial charge in [-0.2, -0.15) is 4.98 Å². The van der Waals surface area contributed by atoms with Crippen LogP contribution in [0, 0.1) is 0 Å². The number of carbonyl (C=O) groups is 2. The lowest BCUT2D eigenvalue weighted by Gasteiger charge is -2.26. The topological polar surface area (TPSA) is 110 Å². The van der Waals surface area contributed by atoms with E-state index in [2.05, 4.69) is 15.5 Å². The van der Waals surface area contributed by atoms with E-state index in [-0.39, 0.29) is 11.9 Å². The fourth-order valence-corrected chi connectivity index (χ4v) is 3.47. The Morgan fingerprint density at radius 2 is 1.91 bits per heavy atom. The van der Waals surface area contributed by atoms with Gasteiger partial charge in [-0.05, 0) is 36.4 Å². The van der Waals surface area contributed by atoms with Gasteiger partial charge in [-0.25, -0.2) is 4.79 Å². The number of nitrogens with one attached hydrogen (secondary N) is 1. The smallest absolute Gasteiger partial charge is 0.321 e. The first-order chi connectivity index (χ1) is 16.5. The molecule has 0 saturated carbocycles. The van der Waals surface area contributed by atoms with Crippen molar-refractivity contribution in [2.45, 2.75) is 6.42 Å². The second-order valence-electron chi connectivity index (χ2n) is 7.83. The van der Waals surface area contributed by atoms with Gasteiger partial charge >= 0.3 is 6.03 Å². The van der Waals surface area contributed by atoms with Crippen molar-refractivity contribution in [2.24, 2.45) is 0 Å². The fraction of sp³-hybridized carbons (Fsp3) is 0.333. The van der Waals surface area contributed by atoms with Crippen molar-refractivity contribution < 1.29 is 23.6 Å². The van der Waals surface area contributed by atoms with E-state index in [4.69, 9.17) is 14.0 Å². The molecule has 1 fully saturated rings. The minimum absolute atomic E-state index is 0.0173. The summed E-state index contributed by atoms with van der Waals surface area (Å²) < 4.78 is 15.8. The SMILES string of the molecule is COc1cccc(NC(=O)N(C)CCc2noc(-c3ccc(C(=O)N4CCOCC4)cc3)n2)c1. The van der Waals surface area contributed by atoms with Crippen LogP contribution in [-0.2, 0) is 11.2 Å². The summed E-state index contributed by atoms with van der Waals surface area (Å²) in [6.45, 7) is 2.72. The molecule has 2 heterocycles. The Labute approximate surface area is 197 Å². The summed E-state index contributed by atoms with van der Waals surface area (Å²) in [7, 11) is 3.27. The number of methoxy groups -OCH3 is 1. The van der Waals surface area contributed by atoms with E-state index in [1.807, 2.05) is 6.07 Å². The number of hydrogen-bond acceptors (Lipinski definition) is 7. The molecule has 2 aromatic carbocycles. The molecule has 1 saturated heterocycles. The van der Waals surface area contributed by atoms with Crippen LogP contribution in [-0.4, -0.2) is 78.9 Å². The molecule has 1 aliphatic heterocycles. The molecule has 178 valence electrons. The summed E-state index contributed by atoms with van der Waals surface area (Å²) in [5.41, 5.74) is 1.98. The zero-order valence-electron chi connectivity index (χ0n) is 19.2. The number of carbonyl (C=O) groups excluding carboxylic acids is 2. The third kappa shape index (κ3) is 5.70. The summed E-state index contributed by atoms with van der Waals surface area (Å²) in [5.74, 6) is 1.50. The Balaban J connectivity index is 1.30. The van der Waals surface area contributed by atoms with Gasteiger partial charge in [0.15, 0.2) is 5.82 Å². The molecule has 0 atom stereocenters. The Bertz CT molecular complexity index is 1120. The van der Waals surface area contributed by atoms with Gasteiger partial charge in [-0.15, -0.1) is 0 Å². The monoisotopic (exact) mass is 465 g/mol. The second kappa shape index (κ2) is 10.8. The van der Waals surface area contributed by atoms with Crippen molar-refractivity contribution in [3.63, 3.8) is 0 Å². The lowest BCUT2D eigenvalue weighted by Crippen LogP contribution is -2.40. The predicted molar refractivity (Wildman–Crippen MR) is 125 cm³/mol. The van der Waals surface area contributed by atoms with Crippen LogP contribution in [0.15, 0.2) is 53.1 Å². The van der Waals surface area contributed by atoms with Gasteiger partial charge in [0, 0.05) is 56.0 Å². The summed E-state index contributed by atoms with van der Waals surface area (Å²) in [6, 6.07) is 14.0. The average Bonchev–Trinajstić information content (AvgIpc) is 3.36. The molecule has 0 bridgehead atoms. The molecule has 1 N–H and O–H groups in total. The van der Waals surface area contributed by atoms with Gasteiger partial charge in [-0.1, -0.05) is 11.2 Å². The number of benzene rings is 2. The number of hydrogen-bond donors (Lipinski definition) is 1. The molecular weight excluding hydrogens is 438 g/mol. The van der Waals surface area contributed by atoms with Crippen molar-refractivity contribution in [1.29, 1.82) is 0 Å². The van der Waals surface area contributed by atoms with Crippen LogP contribution in [0.5, 0.6) is 5.75 Å². The lowest BCUT2D eigenvalue weighted by atomic mass is 10.1. The van der Waals surface area contributed by atoms with Crippen molar-refractivity contribution >= 4 is 17.6 Å². The standard InChI is InChI=1S/C24H27N5O5/c1-28(24(31)25-19-4-3-5-20(16-19)32-2)11-10-21-26-22(34-27-21)17-6-8-18(9-7-17)23(30)29-12-14-33-15-13-29/h3-9,16H,10-15H2,1-2H3,(H,25,31). The Hall–Kier alpha value is -3.92. The molecule has 0 radical (unpaired) electrons. The number of anilines is 1. The van der Waals surface area contributed by atoms with Gasteiger partial charge < -0.3 is 29.1 Å². The molecule has 0 spiro atoms. The number of ether oxygens (including phenoxy) is 2. The van der Waals surface area contributed by atoms with E-state index in [1.165, 1.54) is 0 Å². The van der Waals surface area contributed by atoms with E-state index in [1.54, 1.807) is 66.4 Å². The van der Waals surface area contributed by atoms with Crippen molar-refractivity contribution in [2.75, 3.05) is 52.3 Å². The van der Waals surface area contributed by atoms with Crippen LogP contribution in [0.1, 0.15) is 16.2 Å². The third-order valence-corrected chi connectivity index (χ3v) is 5.48. The van der Waals surface area contributed by atoms with Crippen molar-refractivity contribution in [3.8, 4) is 17.2 Å². The highest BCUT2D eigenvalue weighted by atomic mass is 16.5. The van der Waals surface area contributed by atoms with Gasteiger partial charge in [-0.3, -0.25) is 4.79 Å². The molecular formula is C24H27N5O5. The Morgan fingerprint density at radius 1 is 1.15 bits per heavy atom. The van der Waals surface area contributed by atoms with E-state index < -0.39 is 0 Å². The van der Waals surface area contributed by atoms with Gasteiger partial charge in [0.05, 0.1) is 20.3 Å². The van der Waals surface area contributed by atoms with Gasteiger partial charge in [0.2, 0.25) is 0 Å². The maximum absolute atomic E-state index is 12.6. The Kier molecular flexibility index (Phi) is 7.38. The van der Waals surface area contributed by atoms with Crippen LogP contribution >= 0.6 is 0 Å². The highest BCUT2D eigenvalue weighted by Gasteiger charge is 2.19. The summed E-state index contributed by atoms with van der Waals surface area (Å²) in [4.78, 5) is 32.8. The normalized spacial score (nSPS) is 13.4. The predicted octanol–water partition coefficient (Wildman–Crippen LogP) is 2.92. The number of nitrogens with zero attached hydrogens (tertiary/aromatic N) is 4. The van der Waals surface area contributed by atoms with Crippen LogP contribution in [0.2, 0.25) is 0 Å². The molecule has 0 aliphatic carbocycles. The van der Waals surface area contributed by atoms with Crippen molar-refractivity contribution in [1.82, 2.24) is 19.9 Å². The molecule has 1 aromatic heterocycles. The van der Waals surface area contributed by atoms with Crippen LogP contribution in [0.3, 0.4) is 0 Å². The van der Waals surface area contributed by atoms with Crippen LogP contribution < -0.4 is 10.1 Å². The number of morpholine rings is 1. The number of amides is 3. The largest absolute Gasteiger partial charge is 0.497 e. The van der Waals surface area contributed by atoms with E-state index >= 15 is 0 Å². The van der Waals surface area contributed by atoms with Crippen molar-refractivity contribution in [3.05, 3.63) is 59.9 Å². The van der Waals surface area contributed by atoms with Gasteiger partial charge in [0.25, 0.3) is 11.8 Å². The second-order valence-corrected chi connectivity index (χ2v) is 7.83. The number of rotatable bonds is 7. The highest BCUT2D eigenvalue weighted by molar-refractivity contribution is 5.94. The van der Waals surface area contributed by atoms with E-state index in [0.717, 1.165) is 5.56 Å². The zero-order valence-corrected chi connectivity index (χ0v) is 19.2. The minimum Gasteiger partial charge on any atom is -0.497 e. The maximum Gasteiger partial charge on any atom is 0.321 e. The van der Waals surface area contributed by atoms with Gasteiger partial charge in [0.1, 0.15) is 5.75 Å². The molecule has 0 unspecified atom stereocenters. The average molecular weight is 466 g/mol. The summed E-state index contributed by atoms with van der Waals surface area (Å²) in [6.07, 6.45) is 0.430. The first-order valence-electron chi connectivity index (χ1n) is 11.0. The number of urea groups is 1. The first kappa shape index (κ1) is 23.2. The van der Waals surface area contributed by atoms with E-state index in [0.29, 0.717) is 68.0 Å². The van der Waals surface area contributed by atoms with Crippen LogP contribution in [0.25, 0.3) is 11.5 Å². The molecule has 10 heteroatoms. The third-order valence-electron chi connectivity index (χ3n) is 5.48. The number of likely N-dealkylation sites (N-methyl/N-ethyl adjacent to an activating group) is 1. The minimum atomic E-state index is -0.252. The zero-order chi connectivity index (χ0) is 23.9. The molecule has 3 aromatic rings. The van der Waals surface area contributed by atoms with E-state index in [9.17, 15) is 9.59 Å². The fourth-order valence-electron chi connectivity index (χ4n) is 3.47. The maximum atomic E-state index is 12.6. The molecule has 3 amide bonds. The van der Waals surface area contributed by atoms with Crippen LogP contribution in [0.4, 0.5) is 10.5 Å². The molecule has 10 nitrogen and oxygen atoms in total. The molecule has 1 aliphatic rings. The molecule has 4 rings (SSSR count).